The van der Waals surface area contributed by atoms with Crippen LogP contribution in [-0.4, -0.2) is 37.5 Å². The largest absolute Gasteiger partial charge is 0.319 e. The van der Waals surface area contributed by atoms with Crippen LogP contribution >= 0.6 is 0 Å². The SMILES string of the molecule is CC(CC1CCCN1)NCC(F)(F)C(F)F. The quantitative estimate of drug-likeness (QED) is 0.696. The molecule has 1 aliphatic rings. The van der Waals surface area contributed by atoms with E-state index < -0.39 is 18.9 Å². The van der Waals surface area contributed by atoms with Gasteiger partial charge in [-0.25, -0.2) is 8.78 Å². The summed E-state index contributed by atoms with van der Waals surface area (Å²) in [5, 5.41) is 5.69. The van der Waals surface area contributed by atoms with E-state index in [1.807, 2.05) is 0 Å². The number of rotatable bonds is 6. The van der Waals surface area contributed by atoms with E-state index in [4.69, 9.17) is 0 Å². The average molecular weight is 242 g/mol. The first-order valence-electron chi connectivity index (χ1n) is 5.54. The van der Waals surface area contributed by atoms with Crippen LogP contribution in [0.4, 0.5) is 17.6 Å². The van der Waals surface area contributed by atoms with Gasteiger partial charge in [-0.3, -0.25) is 0 Å². The van der Waals surface area contributed by atoms with Gasteiger partial charge in [-0.05, 0) is 32.7 Å². The van der Waals surface area contributed by atoms with Crippen LogP contribution in [0.1, 0.15) is 26.2 Å². The molecule has 1 fully saturated rings. The van der Waals surface area contributed by atoms with Gasteiger partial charge < -0.3 is 10.6 Å². The summed E-state index contributed by atoms with van der Waals surface area (Å²) in [6.45, 7) is 1.73. The first kappa shape index (κ1) is 13.7. The fourth-order valence-electron chi connectivity index (χ4n) is 1.86. The van der Waals surface area contributed by atoms with Crippen molar-refractivity contribution in [1.29, 1.82) is 0 Å². The Balaban J connectivity index is 2.21. The van der Waals surface area contributed by atoms with E-state index in [0.717, 1.165) is 19.4 Å². The lowest BCUT2D eigenvalue weighted by molar-refractivity contribution is -0.126. The van der Waals surface area contributed by atoms with Gasteiger partial charge in [-0.1, -0.05) is 0 Å². The van der Waals surface area contributed by atoms with Gasteiger partial charge in [0.2, 0.25) is 0 Å². The monoisotopic (exact) mass is 242 g/mol. The normalized spacial score (nSPS) is 24.0. The molecule has 1 saturated heterocycles. The van der Waals surface area contributed by atoms with Crippen LogP contribution in [-0.2, 0) is 0 Å². The van der Waals surface area contributed by atoms with Gasteiger partial charge in [0.15, 0.2) is 0 Å². The van der Waals surface area contributed by atoms with Crippen molar-refractivity contribution >= 4 is 0 Å². The van der Waals surface area contributed by atoms with Gasteiger partial charge >= 0.3 is 12.3 Å². The van der Waals surface area contributed by atoms with E-state index in [2.05, 4.69) is 10.6 Å². The number of hydrogen-bond donors (Lipinski definition) is 2. The van der Waals surface area contributed by atoms with Gasteiger partial charge in [0.05, 0.1) is 6.54 Å². The molecule has 1 aliphatic heterocycles. The summed E-state index contributed by atoms with van der Waals surface area (Å²) in [5.74, 6) is -3.93. The Labute approximate surface area is 92.8 Å². The molecule has 0 spiro atoms. The zero-order valence-corrected chi connectivity index (χ0v) is 9.28. The van der Waals surface area contributed by atoms with Gasteiger partial charge in [0.25, 0.3) is 0 Å². The molecule has 0 amide bonds. The molecule has 0 radical (unpaired) electrons. The molecule has 0 saturated carbocycles. The third kappa shape index (κ3) is 4.25. The molecule has 0 aliphatic carbocycles. The Kier molecular flexibility index (Phi) is 4.98. The standard InChI is InChI=1S/C10H18F4N2/c1-7(5-8-3-2-4-15-8)16-6-10(13,14)9(11)12/h7-9,15-16H,2-6H2,1H3. The molecule has 0 aromatic rings. The second kappa shape index (κ2) is 5.82. The minimum atomic E-state index is -3.93. The zero-order chi connectivity index (χ0) is 12.2. The summed E-state index contributed by atoms with van der Waals surface area (Å²) in [6.07, 6.45) is -0.793. The minimum Gasteiger partial charge on any atom is -0.314 e. The molecule has 2 nitrogen and oxygen atoms in total. The van der Waals surface area contributed by atoms with Gasteiger partial charge in [-0.2, -0.15) is 8.78 Å². The maximum atomic E-state index is 12.6. The predicted molar refractivity (Wildman–Crippen MR) is 54.1 cm³/mol. The summed E-state index contributed by atoms with van der Waals surface area (Å²) in [4.78, 5) is 0. The zero-order valence-electron chi connectivity index (χ0n) is 9.28. The summed E-state index contributed by atoms with van der Waals surface area (Å²) in [5.41, 5.74) is 0. The summed E-state index contributed by atoms with van der Waals surface area (Å²) in [7, 11) is 0. The first-order valence-corrected chi connectivity index (χ1v) is 5.54. The van der Waals surface area contributed by atoms with Crippen LogP contribution in [0.5, 0.6) is 0 Å². The predicted octanol–water partition coefficient (Wildman–Crippen LogP) is 2.01. The lowest BCUT2D eigenvalue weighted by Gasteiger charge is -2.22. The molecule has 0 aromatic heterocycles. The maximum Gasteiger partial charge on any atom is 0.319 e. The van der Waals surface area contributed by atoms with Crippen LogP contribution in [0.25, 0.3) is 0 Å². The van der Waals surface area contributed by atoms with Crippen molar-refractivity contribution in [3.63, 3.8) is 0 Å². The Hall–Kier alpha value is -0.360. The van der Waals surface area contributed by atoms with E-state index in [9.17, 15) is 17.6 Å². The maximum absolute atomic E-state index is 12.6. The molecule has 0 bridgehead atoms. The topological polar surface area (TPSA) is 24.1 Å². The van der Waals surface area contributed by atoms with Gasteiger partial charge in [0, 0.05) is 12.1 Å². The summed E-state index contributed by atoms with van der Waals surface area (Å²) in [6, 6.07) is 0.142. The fourth-order valence-corrected chi connectivity index (χ4v) is 1.86. The molecule has 2 N–H and O–H groups in total. The molecule has 2 atom stereocenters. The van der Waals surface area contributed by atoms with Crippen molar-refractivity contribution in [2.75, 3.05) is 13.1 Å². The average Bonchev–Trinajstić information content (AvgIpc) is 2.67. The molecule has 1 heterocycles. The highest BCUT2D eigenvalue weighted by atomic mass is 19.3. The molecule has 6 heteroatoms. The van der Waals surface area contributed by atoms with Crippen molar-refractivity contribution in [2.45, 2.75) is 50.6 Å². The first-order chi connectivity index (χ1) is 7.42. The number of nitrogens with one attached hydrogen (secondary N) is 2. The molecule has 1 rings (SSSR count). The van der Waals surface area contributed by atoms with E-state index in [1.54, 1.807) is 6.92 Å². The van der Waals surface area contributed by atoms with Crippen LogP contribution in [0.15, 0.2) is 0 Å². The van der Waals surface area contributed by atoms with E-state index in [1.165, 1.54) is 0 Å². The number of hydrogen-bond acceptors (Lipinski definition) is 2. The number of alkyl halides is 4. The lowest BCUT2D eigenvalue weighted by Crippen LogP contribution is -2.43. The van der Waals surface area contributed by atoms with Gasteiger partial charge in [-0.15, -0.1) is 0 Å². The highest BCUT2D eigenvalue weighted by Gasteiger charge is 2.40. The van der Waals surface area contributed by atoms with Crippen molar-refractivity contribution in [3.05, 3.63) is 0 Å². The van der Waals surface area contributed by atoms with Crippen LogP contribution in [0.3, 0.4) is 0 Å². The van der Waals surface area contributed by atoms with Crippen LogP contribution < -0.4 is 10.6 Å². The minimum absolute atomic E-state index is 0.180. The Morgan fingerprint density at radius 2 is 2.12 bits per heavy atom. The summed E-state index contributed by atoms with van der Waals surface area (Å²) < 4.78 is 48.9. The van der Waals surface area contributed by atoms with Crippen LogP contribution in [0.2, 0.25) is 0 Å². The van der Waals surface area contributed by atoms with Crippen molar-refractivity contribution in [2.24, 2.45) is 0 Å². The molecule has 96 valence electrons. The van der Waals surface area contributed by atoms with E-state index in [0.29, 0.717) is 12.5 Å². The van der Waals surface area contributed by atoms with Crippen LogP contribution in [0, 0.1) is 0 Å². The summed E-state index contributed by atoms with van der Waals surface area (Å²) >= 11 is 0. The third-order valence-electron chi connectivity index (χ3n) is 2.81. The molecule has 16 heavy (non-hydrogen) atoms. The second-order valence-electron chi connectivity index (χ2n) is 4.37. The smallest absolute Gasteiger partial charge is 0.314 e. The van der Waals surface area contributed by atoms with Crippen molar-refractivity contribution in [3.8, 4) is 0 Å². The number of halogens is 4. The van der Waals surface area contributed by atoms with E-state index in [-0.39, 0.29) is 6.04 Å². The highest BCUT2D eigenvalue weighted by Crippen LogP contribution is 2.22. The Bertz CT molecular complexity index is 205. The highest BCUT2D eigenvalue weighted by molar-refractivity contribution is 4.80. The Morgan fingerprint density at radius 1 is 1.44 bits per heavy atom. The van der Waals surface area contributed by atoms with Crippen molar-refractivity contribution in [1.82, 2.24) is 10.6 Å². The fraction of sp³-hybridized carbons (Fsp3) is 1.00. The van der Waals surface area contributed by atoms with E-state index >= 15 is 0 Å². The molecular formula is C10H18F4N2. The van der Waals surface area contributed by atoms with Gasteiger partial charge in [0.1, 0.15) is 0 Å². The second-order valence-corrected chi connectivity index (χ2v) is 4.37. The Morgan fingerprint density at radius 3 is 2.62 bits per heavy atom. The molecular weight excluding hydrogens is 224 g/mol. The van der Waals surface area contributed by atoms with Crippen molar-refractivity contribution < 1.29 is 17.6 Å². The molecule has 0 aromatic carbocycles. The lowest BCUT2D eigenvalue weighted by atomic mass is 10.1. The molecule has 2 unspecified atom stereocenters. The third-order valence-corrected chi connectivity index (χ3v) is 2.81.